The van der Waals surface area contributed by atoms with Gasteiger partial charge in [0.25, 0.3) is 0 Å². The summed E-state index contributed by atoms with van der Waals surface area (Å²) in [5, 5.41) is 11.9. The van der Waals surface area contributed by atoms with Gasteiger partial charge < -0.3 is 15.2 Å². The summed E-state index contributed by atoms with van der Waals surface area (Å²) < 4.78 is 5.12. The number of ether oxygens (including phenoxy) is 1. The van der Waals surface area contributed by atoms with E-state index < -0.39 is 23.1 Å². The van der Waals surface area contributed by atoms with Gasteiger partial charge in [-0.3, -0.25) is 19.2 Å². The van der Waals surface area contributed by atoms with Crippen LogP contribution >= 0.6 is 23.4 Å². The van der Waals surface area contributed by atoms with Crippen LogP contribution in [0, 0.1) is 11.8 Å². The van der Waals surface area contributed by atoms with Gasteiger partial charge in [0.15, 0.2) is 0 Å². The number of carboxylic acid groups (broad SMARTS) is 1. The van der Waals surface area contributed by atoms with E-state index in [0.717, 1.165) is 9.80 Å². The van der Waals surface area contributed by atoms with Crippen LogP contribution < -0.4 is 15.0 Å². The average Bonchev–Trinajstić information content (AvgIpc) is 3.12. The third-order valence-corrected chi connectivity index (χ3v) is 7.48. The van der Waals surface area contributed by atoms with Gasteiger partial charge >= 0.3 is 5.97 Å². The van der Waals surface area contributed by atoms with E-state index in [1.165, 1.54) is 24.9 Å². The highest BCUT2D eigenvalue weighted by molar-refractivity contribution is 8.00. The lowest BCUT2D eigenvalue weighted by molar-refractivity contribution is -0.146. The summed E-state index contributed by atoms with van der Waals surface area (Å²) in [7, 11) is 1.48. The quantitative estimate of drug-likeness (QED) is 0.416. The van der Waals surface area contributed by atoms with E-state index in [4.69, 9.17) is 16.3 Å². The van der Waals surface area contributed by atoms with E-state index in [-0.39, 0.29) is 24.1 Å². The Hall–Kier alpha value is -3.30. The van der Waals surface area contributed by atoms with E-state index in [0.29, 0.717) is 35.0 Å². The van der Waals surface area contributed by atoms with Crippen molar-refractivity contribution in [2.75, 3.05) is 17.3 Å². The molecule has 8 nitrogen and oxygen atoms in total. The van der Waals surface area contributed by atoms with Gasteiger partial charge in [-0.15, -0.1) is 11.8 Å². The van der Waals surface area contributed by atoms with Gasteiger partial charge in [0.1, 0.15) is 5.75 Å². The highest BCUT2D eigenvalue weighted by Crippen LogP contribution is 2.37. The number of carbonyl (C=O) groups is 4. The van der Waals surface area contributed by atoms with Crippen LogP contribution in [0.25, 0.3) is 0 Å². The van der Waals surface area contributed by atoms with Crippen molar-refractivity contribution in [3.8, 4) is 5.75 Å². The normalized spacial score (nSPS) is 21.8. The molecule has 10 heteroatoms. The van der Waals surface area contributed by atoms with Crippen LogP contribution in [0.4, 0.5) is 11.4 Å². The van der Waals surface area contributed by atoms with Crippen LogP contribution in [-0.4, -0.2) is 41.2 Å². The fraction of sp³-hybridized carbons (Fsp3) is 0.280. The number of benzene rings is 2. The largest absolute Gasteiger partial charge is 0.495 e. The van der Waals surface area contributed by atoms with Gasteiger partial charge in [-0.05, 0) is 55.3 Å². The van der Waals surface area contributed by atoms with Crippen molar-refractivity contribution in [3.63, 3.8) is 0 Å². The average molecular weight is 515 g/mol. The number of nitrogens with zero attached hydrogens (tertiary/aromatic N) is 1. The number of carbonyl (C=O) groups excluding carboxylic acids is 3. The molecule has 2 aliphatic rings. The summed E-state index contributed by atoms with van der Waals surface area (Å²) >= 11 is 7.42. The van der Waals surface area contributed by atoms with Gasteiger partial charge in [0, 0.05) is 17.0 Å². The first-order chi connectivity index (χ1) is 16.8. The summed E-state index contributed by atoms with van der Waals surface area (Å²) in [4.78, 5) is 51.5. The molecule has 35 heavy (non-hydrogen) atoms. The minimum Gasteiger partial charge on any atom is -0.495 e. The number of allylic oxidation sites excluding steroid dienone is 2. The molecule has 0 bridgehead atoms. The Morgan fingerprint density at radius 3 is 2.40 bits per heavy atom. The molecule has 1 fully saturated rings. The van der Waals surface area contributed by atoms with Crippen LogP contribution in [0.15, 0.2) is 59.5 Å². The second kappa shape index (κ2) is 10.5. The Morgan fingerprint density at radius 2 is 1.77 bits per heavy atom. The number of halogens is 1. The monoisotopic (exact) mass is 514 g/mol. The Morgan fingerprint density at radius 1 is 1.09 bits per heavy atom. The highest BCUT2D eigenvalue weighted by atomic mass is 35.5. The molecule has 0 radical (unpaired) electrons. The van der Waals surface area contributed by atoms with Crippen molar-refractivity contribution in [2.45, 2.75) is 29.4 Å². The molecule has 4 rings (SSSR count). The predicted octanol–water partition coefficient (Wildman–Crippen LogP) is 4.38. The second-order valence-corrected chi connectivity index (χ2v) is 9.89. The molecule has 1 aliphatic carbocycles. The van der Waals surface area contributed by atoms with Crippen LogP contribution in [0.3, 0.4) is 0 Å². The molecule has 182 valence electrons. The molecule has 3 amide bonds. The maximum Gasteiger partial charge on any atom is 0.307 e. The van der Waals surface area contributed by atoms with Crippen molar-refractivity contribution in [1.29, 1.82) is 0 Å². The zero-order valence-electron chi connectivity index (χ0n) is 18.8. The van der Waals surface area contributed by atoms with Crippen LogP contribution in [0.2, 0.25) is 5.02 Å². The molecule has 0 unspecified atom stereocenters. The Bertz CT molecular complexity index is 1200. The first-order valence-corrected chi connectivity index (χ1v) is 12.2. The standard InChI is InChI=1S/C25H23ClN2O6S/c1-34-20-11-8-15(12-19(20)26)28-22(29)13-21(24(28)31)35-16-9-6-14(7-10-16)27-23(30)17-4-2-3-5-18(17)25(32)33/h2-3,6-12,17-18,21H,4-5,13H2,1H3,(H,27,30)(H,32,33)/t17-,18+,21-/m0/s1. The fourth-order valence-corrected chi connectivity index (χ4v) is 5.46. The topological polar surface area (TPSA) is 113 Å². The molecule has 0 aromatic heterocycles. The van der Waals surface area contributed by atoms with E-state index in [2.05, 4.69) is 5.32 Å². The Labute approximate surface area is 211 Å². The van der Waals surface area contributed by atoms with Gasteiger partial charge in [0.05, 0.1) is 34.9 Å². The number of thioether (sulfide) groups is 1. The molecular formula is C25H23ClN2O6S. The fourth-order valence-electron chi connectivity index (χ4n) is 4.15. The number of imide groups is 1. The first-order valence-electron chi connectivity index (χ1n) is 10.9. The molecule has 1 saturated heterocycles. The lowest BCUT2D eigenvalue weighted by atomic mass is 9.82. The third kappa shape index (κ3) is 5.36. The molecule has 2 aromatic carbocycles. The van der Waals surface area contributed by atoms with Crippen molar-refractivity contribution < 1.29 is 29.0 Å². The number of rotatable bonds is 7. The second-order valence-electron chi connectivity index (χ2n) is 8.20. The van der Waals surface area contributed by atoms with Crippen molar-refractivity contribution in [2.24, 2.45) is 11.8 Å². The van der Waals surface area contributed by atoms with E-state index in [9.17, 15) is 24.3 Å². The van der Waals surface area contributed by atoms with E-state index >= 15 is 0 Å². The summed E-state index contributed by atoms with van der Waals surface area (Å²) in [6, 6.07) is 11.6. The lowest BCUT2D eigenvalue weighted by Gasteiger charge is -2.24. The molecule has 0 saturated carbocycles. The maximum atomic E-state index is 13.0. The minimum absolute atomic E-state index is 0.0530. The number of nitrogens with one attached hydrogen (secondary N) is 1. The summed E-state index contributed by atoms with van der Waals surface area (Å²) in [5.41, 5.74) is 0.922. The molecule has 2 aromatic rings. The number of carboxylic acids is 1. The zero-order valence-corrected chi connectivity index (χ0v) is 20.3. The highest BCUT2D eigenvalue weighted by Gasteiger charge is 2.40. The zero-order chi connectivity index (χ0) is 25.1. The smallest absolute Gasteiger partial charge is 0.307 e. The number of anilines is 2. The Kier molecular flexibility index (Phi) is 7.47. The molecular weight excluding hydrogens is 492 g/mol. The van der Waals surface area contributed by atoms with Gasteiger partial charge in [-0.1, -0.05) is 23.8 Å². The van der Waals surface area contributed by atoms with Crippen LogP contribution in [-0.2, 0) is 19.2 Å². The molecule has 0 spiro atoms. The van der Waals surface area contributed by atoms with E-state index in [1.54, 1.807) is 42.5 Å². The Balaban J connectivity index is 1.40. The van der Waals surface area contributed by atoms with Crippen molar-refractivity contribution in [3.05, 3.63) is 59.6 Å². The molecule has 3 atom stereocenters. The van der Waals surface area contributed by atoms with Gasteiger partial charge in [-0.2, -0.15) is 0 Å². The minimum atomic E-state index is -0.983. The maximum absolute atomic E-state index is 13.0. The third-order valence-electron chi connectivity index (χ3n) is 5.99. The number of amides is 3. The summed E-state index contributed by atoms with van der Waals surface area (Å²) in [6.45, 7) is 0. The first kappa shape index (κ1) is 24.8. The number of hydrogen-bond donors (Lipinski definition) is 2. The predicted molar refractivity (Wildman–Crippen MR) is 133 cm³/mol. The van der Waals surface area contributed by atoms with Crippen LogP contribution in [0.5, 0.6) is 5.75 Å². The van der Waals surface area contributed by atoms with E-state index in [1.807, 2.05) is 6.08 Å². The van der Waals surface area contributed by atoms with Crippen molar-refractivity contribution in [1.82, 2.24) is 0 Å². The number of methoxy groups -OCH3 is 1. The summed E-state index contributed by atoms with van der Waals surface area (Å²) in [6.07, 6.45) is 4.37. The van der Waals surface area contributed by atoms with Gasteiger partial charge in [0.2, 0.25) is 17.7 Å². The number of aliphatic carboxylic acids is 1. The van der Waals surface area contributed by atoms with Crippen molar-refractivity contribution >= 4 is 58.4 Å². The van der Waals surface area contributed by atoms with Crippen LogP contribution in [0.1, 0.15) is 19.3 Å². The molecule has 1 heterocycles. The van der Waals surface area contributed by atoms with Gasteiger partial charge in [-0.25, -0.2) is 4.90 Å². The summed E-state index contributed by atoms with van der Waals surface area (Å²) in [5.74, 6) is -2.90. The lowest BCUT2D eigenvalue weighted by Crippen LogP contribution is -2.34. The number of hydrogen-bond acceptors (Lipinski definition) is 6. The molecule has 2 N–H and O–H groups in total. The molecule has 1 aliphatic heterocycles. The SMILES string of the molecule is COc1ccc(N2C(=O)C[C@H](Sc3ccc(NC(=O)[C@H]4CC=CC[C@H]4C(=O)O)cc3)C2=O)cc1Cl.